The number of nitrogens with one attached hydrogen (secondary N) is 2. The number of hydrogen-bond donors (Lipinski definition) is 2. The molecule has 3 amide bonds. The van der Waals surface area contributed by atoms with E-state index in [9.17, 15) is 9.59 Å². The van der Waals surface area contributed by atoms with Gasteiger partial charge in [-0.1, -0.05) is 24.3 Å². The molecule has 1 saturated heterocycles. The Bertz CT molecular complexity index is 881. The number of nitrogens with zero attached hydrogens (tertiary/aromatic N) is 3. The van der Waals surface area contributed by atoms with Crippen LogP contribution in [0.15, 0.2) is 48.5 Å². The van der Waals surface area contributed by atoms with Gasteiger partial charge in [0.1, 0.15) is 6.17 Å². The molecule has 1 fully saturated rings. The molecular weight excluding hydrogens is 354 g/mol. The largest absolute Gasteiger partial charge is 0.378 e. The van der Waals surface area contributed by atoms with Gasteiger partial charge in [-0.3, -0.25) is 4.79 Å². The Kier molecular flexibility index (Phi) is 4.81. The van der Waals surface area contributed by atoms with Gasteiger partial charge in [-0.05, 0) is 29.8 Å². The van der Waals surface area contributed by atoms with Gasteiger partial charge in [-0.15, -0.1) is 0 Å². The molecule has 28 heavy (non-hydrogen) atoms. The first-order valence-electron chi connectivity index (χ1n) is 9.51. The summed E-state index contributed by atoms with van der Waals surface area (Å²) in [5, 5.41) is 6.31. The summed E-state index contributed by atoms with van der Waals surface area (Å²) in [5.41, 5.74) is 3.62. The van der Waals surface area contributed by atoms with Crippen LogP contribution >= 0.6 is 0 Å². The maximum absolute atomic E-state index is 13.2. The molecule has 146 valence electrons. The molecule has 0 aromatic heterocycles. The molecule has 0 radical (unpaired) electrons. The van der Waals surface area contributed by atoms with Crippen LogP contribution in [0.2, 0.25) is 0 Å². The average Bonchev–Trinajstić information content (AvgIpc) is 3.12. The van der Waals surface area contributed by atoms with Crippen LogP contribution in [0.1, 0.15) is 22.1 Å². The van der Waals surface area contributed by atoms with E-state index < -0.39 is 0 Å². The van der Waals surface area contributed by atoms with E-state index in [4.69, 9.17) is 0 Å². The van der Waals surface area contributed by atoms with Crippen molar-refractivity contribution in [1.82, 2.24) is 15.1 Å². The van der Waals surface area contributed by atoms with Gasteiger partial charge in [0.15, 0.2) is 0 Å². The van der Waals surface area contributed by atoms with Crippen LogP contribution in [0.3, 0.4) is 0 Å². The number of benzene rings is 2. The lowest BCUT2D eigenvalue weighted by Gasteiger charge is -2.39. The van der Waals surface area contributed by atoms with E-state index in [1.807, 2.05) is 72.4 Å². The lowest BCUT2D eigenvalue weighted by Crippen LogP contribution is -2.46. The molecule has 2 heterocycles. The number of para-hydroxylation sites is 1. The topological polar surface area (TPSA) is 67.9 Å². The minimum Gasteiger partial charge on any atom is -0.378 e. The van der Waals surface area contributed by atoms with Crippen molar-refractivity contribution >= 4 is 23.3 Å². The molecule has 0 saturated carbocycles. The van der Waals surface area contributed by atoms with E-state index in [0.29, 0.717) is 31.7 Å². The number of fused-ring (bicyclic) bond motifs is 1. The quantitative estimate of drug-likeness (QED) is 0.837. The van der Waals surface area contributed by atoms with Crippen LogP contribution in [-0.2, 0) is 0 Å². The normalized spacial score (nSPS) is 18.6. The van der Waals surface area contributed by atoms with Crippen LogP contribution in [-0.4, -0.2) is 62.0 Å². The zero-order valence-electron chi connectivity index (χ0n) is 16.2. The van der Waals surface area contributed by atoms with Gasteiger partial charge in [0.25, 0.3) is 5.91 Å². The molecule has 0 aliphatic carbocycles. The molecule has 0 unspecified atom stereocenters. The third-order valence-corrected chi connectivity index (χ3v) is 5.30. The Hall–Kier alpha value is -3.22. The SMILES string of the molecule is CN(C)c1ccc([C@@H]2Nc3ccccc3C(=O)N2CCN2CCNC2=O)cc1. The second-order valence-electron chi connectivity index (χ2n) is 7.30. The highest BCUT2D eigenvalue weighted by molar-refractivity contribution is 6.01. The van der Waals surface area contributed by atoms with Gasteiger partial charge in [0.2, 0.25) is 0 Å². The molecule has 2 aromatic rings. The number of carbonyl (C=O) groups is 2. The highest BCUT2D eigenvalue weighted by Gasteiger charge is 2.33. The van der Waals surface area contributed by atoms with E-state index in [-0.39, 0.29) is 18.1 Å². The fourth-order valence-electron chi connectivity index (χ4n) is 3.69. The Labute approximate surface area is 164 Å². The van der Waals surface area contributed by atoms with Gasteiger partial charge < -0.3 is 25.3 Å². The Balaban J connectivity index is 1.62. The summed E-state index contributed by atoms with van der Waals surface area (Å²) in [4.78, 5) is 30.7. The number of anilines is 2. The highest BCUT2D eigenvalue weighted by Crippen LogP contribution is 2.33. The van der Waals surface area contributed by atoms with Crippen molar-refractivity contribution < 1.29 is 9.59 Å². The Morgan fingerprint density at radius 2 is 1.79 bits per heavy atom. The lowest BCUT2D eigenvalue weighted by molar-refractivity contribution is 0.0668. The maximum atomic E-state index is 13.2. The summed E-state index contributed by atoms with van der Waals surface area (Å²) in [6.07, 6.45) is -0.274. The summed E-state index contributed by atoms with van der Waals surface area (Å²) in [6, 6.07) is 15.7. The molecule has 2 aliphatic heterocycles. The summed E-state index contributed by atoms with van der Waals surface area (Å²) in [7, 11) is 4.00. The standard InChI is InChI=1S/C21H25N5O2/c1-24(2)16-9-7-15(8-10-16)19-23-18-6-4-3-5-17(18)20(27)26(19)14-13-25-12-11-22-21(25)28/h3-10,19,23H,11-14H2,1-2H3,(H,22,28)/t19-/m1/s1. The van der Waals surface area contributed by atoms with E-state index in [1.54, 1.807) is 4.90 Å². The average molecular weight is 379 g/mol. The number of rotatable bonds is 5. The highest BCUT2D eigenvalue weighted by atomic mass is 16.2. The van der Waals surface area contributed by atoms with Gasteiger partial charge in [0.05, 0.1) is 5.56 Å². The third-order valence-electron chi connectivity index (χ3n) is 5.30. The van der Waals surface area contributed by atoms with Crippen LogP contribution in [0.5, 0.6) is 0 Å². The maximum Gasteiger partial charge on any atom is 0.317 e. The van der Waals surface area contributed by atoms with Crippen molar-refractivity contribution in [3.05, 3.63) is 59.7 Å². The van der Waals surface area contributed by atoms with Gasteiger partial charge in [0, 0.05) is 51.6 Å². The van der Waals surface area contributed by atoms with Gasteiger partial charge in [-0.25, -0.2) is 4.79 Å². The predicted octanol–water partition coefficient (Wildman–Crippen LogP) is 2.34. The van der Waals surface area contributed by atoms with E-state index >= 15 is 0 Å². The van der Waals surface area contributed by atoms with E-state index in [1.165, 1.54) is 0 Å². The first-order chi connectivity index (χ1) is 13.5. The van der Waals surface area contributed by atoms with Crippen LogP contribution in [0.25, 0.3) is 0 Å². The molecule has 7 heteroatoms. The summed E-state index contributed by atoms with van der Waals surface area (Å²) >= 11 is 0. The molecule has 0 bridgehead atoms. The Morgan fingerprint density at radius 1 is 1.04 bits per heavy atom. The predicted molar refractivity (Wildman–Crippen MR) is 110 cm³/mol. The van der Waals surface area contributed by atoms with Crippen molar-refractivity contribution in [2.24, 2.45) is 0 Å². The lowest BCUT2D eigenvalue weighted by atomic mass is 10.0. The molecule has 4 rings (SSSR count). The molecule has 1 atom stereocenters. The fraction of sp³-hybridized carbons (Fsp3) is 0.333. The second-order valence-corrected chi connectivity index (χ2v) is 7.30. The molecule has 2 N–H and O–H groups in total. The van der Waals surface area contributed by atoms with Gasteiger partial charge in [-0.2, -0.15) is 0 Å². The first-order valence-corrected chi connectivity index (χ1v) is 9.51. The molecule has 2 aromatic carbocycles. The molecule has 0 spiro atoms. The second kappa shape index (κ2) is 7.42. The summed E-state index contributed by atoms with van der Waals surface area (Å²) in [5.74, 6) is -0.0179. The fourth-order valence-corrected chi connectivity index (χ4v) is 3.69. The Morgan fingerprint density at radius 3 is 2.46 bits per heavy atom. The number of amides is 3. The van der Waals surface area contributed by atoms with Crippen molar-refractivity contribution in [2.75, 3.05) is 50.5 Å². The zero-order valence-corrected chi connectivity index (χ0v) is 16.2. The van der Waals surface area contributed by atoms with Crippen molar-refractivity contribution in [2.45, 2.75) is 6.17 Å². The molecule has 7 nitrogen and oxygen atoms in total. The third kappa shape index (κ3) is 3.35. The minimum absolute atomic E-state index is 0.0179. The number of carbonyl (C=O) groups excluding carboxylic acids is 2. The zero-order chi connectivity index (χ0) is 19.7. The van der Waals surface area contributed by atoms with Gasteiger partial charge >= 0.3 is 6.03 Å². The number of hydrogen-bond acceptors (Lipinski definition) is 4. The van der Waals surface area contributed by atoms with E-state index in [0.717, 1.165) is 16.9 Å². The van der Waals surface area contributed by atoms with Crippen molar-refractivity contribution in [1.29, 1.82) is 0 Å². The number of urea groups is 1. The monoisotopic (exact) mass is 379 g/mol. The summed E-state index contributed by atoms with van der Waals surface area (Å²) < 4.78 is 0. The minimum atomic E-state index is -0.274. The van der Waals surface area contributed by atoms with Crippen molar-refractivity contribution in [3.8, 4) is 0 Å². The van der Waals surface area contributed by atoms with Crippen molar-refractivity contribution in [3.63, 3.8) is 0 Å². The first kappa shape index (κ1) is 18.2. The van der Waals surface area contributed by atoms with Crippen LogP contribution < -0.4 is 15.5 Å². The van der Waals surface area contributed by atoms with E-state index in [2.05, 4.69) is 10.6 Å². The molecule has 2 aliphatic rings. The van der Waals surface area contributed by atoms with Crippen LogP contribution in [0.4, 0.5) is 16.2 Å². The smallest absolute Gasteiger partial charge is 0.317 e. The molecular formula is C21H25N5O2. The van der Waals surface area contributed by atoms with Crippen LogP contribution in [0, 0.1) is 0 Å². The summed E-state index contributed by atoms with van der Waals surface area (Å²) in [6.45, 7) is 2.30.